The van der Waals surface area contributed by atoms with E-state index in [2.05, 4.69) is 11.1 Å². The van der Waals surface area contributed by atoms with Crippen LogP contribution in [0.4, 0.5) is 0 Å². The van der Waals surface area contributed by atoms with E-state index in [0.717, 1.165) is 48.3 Å². The summed E-state index contributed by atoms with van der Waals surface area (Å²) >= 11 is 0. The lowest BCUT2D eigenvalue weighted by Gasteiger charge is -2.37. The molecule has 144 valence electrons. The second kappa shape index (κ2) is 8.02. The van der Waals surface area contributed by atoms with E-state index in [0.29, 0.717) is 25.9 Å². The Morgan fingerprint density at radius 1 is 1.14 bits per heavy atom. The van der Waals surface area contributed by atoms with Gasteiger partial charge in [0.05, 0.1) is 11.5 Å². The quantitative estimate of drug-likeness (QED) is 0.821. The molecule has 1 fully saturated rings. The molecular weight excluding hydrogens is 350 g/mol. The number of benzene rings is 1. The van der Waals surface area contributed by atoms with E-state index in [1.54, 1.807) is 6.20 Å². The first-order valence-electron chi connectivity index (χ1n) is 10.1. The van der Waals surface area contributed by atoms with Gasteiger partial charge < -0.3 is 9.64 Å². The Morgan fingerprint density at radius 2 is 1.89 bits per heavy atom. The van der Waals surface area contributed by atoms with Gasteiger partial charge in [-0.25, -0.2) is 0 Å². The van der Waals surface area contributed by atoms with Crippen molar-refractivity contribution in [3.05, 3.63) is 59.4 Å². The zero-order valence-electron chi connectivity index (χ0n) is 16.1. The second-order valence-corrected chi connectivity index (χ2v) is 7.67. The molecule has 0 N–H and O–H groups in total. The molecule has 1 aromatic heterocycles. The summed E-state index contributed by atoms with van der Waals surface area (Å²) in [6.45, 7) is 1.21. The van der Waals surface area contributed by atoms with Crippen LogP contribution in [0.3, 0.4) is 0 Å². The zero-order chi connectivity index (χ0) is 19.4. The van der Waals surface area contributed by atoms with Gasteiger partial charge >= 0.3 is 0 Å². The van der Waals surface area contributed by atoms with E-state index in [1.165, 1.54) is 0 Å². The minimum Gasteiger partial charge on any atom is -0.483 e. The first-order chi connectivity index (χ1) is 13.7. The molecule has 1 aliphatic carbocycles. The Balaban J connectivity index is 1.37. The number of pyridine rings is 1. The van der Waals surface area contributed by atoms with Crippen molar-refractivity contribution in [2.45, 2.75) is 43.9 Å². The highest BCUT2D eigenvalue weighted by Gasteiger charge is 2.37. The third kappa shape index (κ3) is 3.60. The molecule has 5 nitrogen and oxygen atoms in total. The average Bonchev–Trinajstić information content (AvgIpc) is 2.78. The molecule has 0 radical (unpaired) electrons. The normalized spacial score (nSPS) is 18.0. The second-order valence-electron chi connectivity index (χ2n) is 7.67. The largest absolute Gasteiger partial charge is 0.483 e. The lowest BCUT2D eigenvalue weighted by molar-refractivity contribution is -0.134. The maximum absolute atomic E-state index is 12.7. The number of amides is 1. The van der Waals surface area contributed by atoms with Crippen molar-refractivity contribution in [1.29, 1.82) is 5.26 Å². The van der Waals surface area contributed by atoms with Crippen molar-refractivity contribution in [1.82, 2.24) is 9.88 Å². The number of hydrogen-bond acceptors (Lipinski definition) is 4. The minimum absolute atomic E-state index is 0.0130. The Morgan fingerprint density at radius 3 is 2.64 bits per heavy atom. The molecule has 1 saturated heterocycles. The van der Waals surface area contributed by atoms with E-state index in [1.807, 2.05) is 41.3 Å². The fraction of sp³-hybridized carbons (Fsp3) is 0.435. The number of likely N-dealkylation sites (tertiary alicyclic amines) is 1. The fourth-order valence-corrected chi connectivity index (χ4v) is 4.32. The van der Waals surface area contributed by atoms with E-state index in [4.69, 9.17) is 4.74 Å². The first-order valence-corrected chi connectivity index (χ1v) is 10.1. The number of carbonyl (C=O) groups excluding carboxylic acids is 1. The molecule has 0 spiro atoms. The summed E-state index contributed by atoms with van der Waals surface area (Å²) in [7, 11) is 0. The van der Waals surface area contributed by atoms with Gasteiger partial charge in [-0.2, -0.15) is 5.26 Å². The number of ether oxygens (including phenoxy) is 1. The number of fused-ring (bicyclic) bond motifs is 1. The highest BCUT2D eigenvalue weighted by molar-refractivity contribution is 5.78. The van der Waals surface area contributed by atoms with Crippen LogP contribution in [0.2, 0.25) is 0 Å². The van der Waals surface area contributed by atoms with Crippen LogP contribution in [0.5, 0.6) is 5.75 Å². The summed E-state index contributed by atoms with van der Waals surface area (Å²) in [6, 6.07) is 14.3. The number of nitrogens with zero attached hydrogens (tertiary/aromatic N) is 3. The molecule has 1 amide bonds. The molecule has 2 aliphatic rings. The van der Waals surface area contributed by atoms with Crippen molar-refractivity contribution in [3.8, 4) is 11.8 Å². The van der Waals surface area contributed by atoms with Crippen LogP contribution >= 0.6 is 0 Å². The van der Waals surface area contributed by atoms with Gasteiger partial charge in [0.25, 0.3) is 5.91 Å². The van der Waals surface area contributed by atoms with Gasteiger partial charge in [-0.15, -0.1) is 0 Å². The summed E-state index contributed by atoms with van der Waals surface area (Å²) in [5.74, 6) is 0.784. The molecule has 1 aromatic carbocycles. The molecule has 28 heavy (non-hydrogen) atoms. The number of carbonyl (C=O) groups is 1. The molecular formula is C23H25N3O2. The lowest BCUT2D eigenvalue weighted by atomic mass is 9.74. The third-order valence-electron chi connectivity index (χ3n) is 6.05. The lowest BCUT2D eigenvalue weighted by Crippen LogP contribution is -2.46. The Bertz CT molecular complexity index is 880. The Kier molecular flexibility index (Phi) is 5.29. The zero-order valence-corrected chi connectivity index (χ0v) is 16.1. The summed E-state index contributed by atoms with van der Waals surface area (Å²) in [5.41, 5.74) is 2.82. The number of piperidine rings is 1. The Hall–Kier alpha value is -2.87. The smallest absolute Gasteiger partial charge is 0.260 e. The summed E-state index contributed by atoms with van der Waals surface area (Å²) < 4.78 is 5.89. The molecule has 2 heterocycles. The SMILES string of the molecule is N#CC1(c2ccccc2)CCN(C(=O)COc2ccnc3c2CCCC3)CC1. The first kappa shape index (κ1) is 18.5. The number of nitriles is 1. The predicted molar refractivity (Wildman–Crippen MR) is 106 cm³/mol. The molecule has 0 unspecified atom stereocenters. The van der Waals surface area contributed by atoms with Crippen LogP contribution in [0.25, 0.3) is 0 Å². The number of aromatic nitrogens is 1. The van der Waals surface area contributed by atoms with Gasteiger partial charge in [0, 0.05) is 30.5 Å². The highest BCUT2D eigenvalue weighted by Crippen LogP contribution is 2.35. The number of hydrogen-bond donors (Lipinski definition) is 0. The highest BCUT2D eigenvalue weighted by atomic mass is 16.5. The van der Waals surface area contributed by atoms with Crippen LogP contribution in [0.1, 0.15) is 42.5 Å². The van der Waals surface area contributed by atoms with Crippen LogP contribution in [0, 0.1) is 11.3 Å². The van der Waals surface area contributed by atoms with Crippen LogP contribution in [-0.4, -0.2) is 35.5 Å². The van der Waals surface area contributed by atoms with Crippen molar-refractivity contribution in [3.63, 3.8) is 0 Å². The summed E-state index contributed by atoms with van der Waals surface area (Å²) in [6.07, 6.45) is 7.35. The van der Waals surface area contributed by atoms with Crippen LogP contribution in [-0.2, 0) is 23.1 Å². The van der Waals surface area contributed by atoms with Gasteiger partial charge in [0.2, 0.25) is 0 Å². The van der Waals surface area contributed by atoms with E-state index in [-0.39, 0.29) is 12.5 Å². The van der Waals surface area contributed by atoms with Crippen LogP contribution in [0.15, 0.2) is 42.6 Å². The molecule has 4 rings (SSSR count). The standard InChI is InChI=1S/C23H25N3O2/c24-17-23(18-6-2-1-3-7-18)11-14-26(15-12-23)22(27)16-28-21-10-13-25-20-9-5-4-8-19(20)21/h1-3,6-7,10,13H,4-5,8-9,11-12,14-16H2. The van der Waals surface area contributed by atoms with Gasteiger partial charge in [0.1, 0.15) is 5.75 Å². The predicted octanol–water partition coefficient (Wildman–Crippen LogP) is 3.42. The van der Waals surface area contributed by atoms with Crippen LogP contribution < -0.4 is 4.74 Å². The molecule has 5 heteroatoms. The Labute approximate surface area is 166 Å². The fourth-order valence-electron chi connectivity index (χ4n) is 4.32. The molecule has 2 aromatic rings. The van der Waals surface area contributed by atoms with Crippen molar-refractivity contribution in [2.75, 3.05) is 19.7 Å². The average molecular weight is 375 g/mol. The van der Waals surface area contributed by atoms with Crippen molar-refractivity contribution >= 4 is 5.91 Å². The monoisotopic (exact) mass is 375 g/mol. The van der Waals surface area contributed by atoms with Crippen molar-refractivity contribution < 1.29 is 9.53 Å². The van der Waals surface area contributed by atoms with E-state index >= 15 is 0 Å². The topological polar surface area (TPSA) is 66.2 Å². The molecule has 0 saturated carbocycles. The minimum atomic E-state index is -0.497. The van der Waals surface area contributed by atoms with Gasteiger partial charge in [-0.3, -0.25) is 9.78 Å². The van der Waals surface area contributed by atoms with E-state index < -0.39 is 5.41 Å². The number of aryl methyl sites for hydroxylation is 1. The van der Waals surface area contributed by atoms with Gasteiger partial charge in [-0.05, 0) is 50.2 Å². The van der Waals surface area contributed by atoms with Crippen molar-refractivity contribution in [2.24, 2.45) is 0 Å². The number of rotatable bonds is 4. The molecule has 0 bridgehead atoms. The van der Waals surface area contributed by atoms with E-state index in [9.17, 15) is 10.1 Å². The van der Waals surface area contributed by atoms with Gasteiger partial charge in [-0.1, -0.05) is 30.3 Å². The molecule has 0 atom stereocenters. The summed E-state index contributed by atoms with van der Waals surface area (Å²) in [4.78, 5) is 18.9. The maximum atomic E-state index is 12.7. The maximum Gasteiger partial charge on any atom is 0.260 e. The molecule has 1 aliphatic heterocycles. The van der Waals surface area contributed by atoms with Gasteiger partial charge in [0.15, 0.2) is 6.61 Å². The summed E-state index contributed by atoms with van der Waals surface area (Å²) in [5, 5.41) is 9.80. The third-order valence-corrected chi connectivity index (χ3v) is 6.05.